The molecule has 31 heavy (non-hydrogen) atoms. The lowest BCUT2D eigenvalue weighted by atomic mass is 9.95. The summed E-state index contributed by atoms with van der Waals surface area (Å²) in [5.41, 5.74) is 3.30. The largest absolute Gasteiger partial charge is 0.378 e. The Morgan fingerprint density at radius 1 is 1.00 bits per heavy atom. The van der Waals surface area contributed by atoms with Crippen LogP contribution in [0.4, 0.5) is 11.4 Å². The topological polar surface area (TPSA) is 61.9 Å². The number of hydrogen-bond donors (Lipinski definition) is 1. The van der Waals surface area contributed by atoms with Crippen LogP contribution in [0.15, 0.2) is 42.5 Å². The molecular weight excluding hydrogens is 414 g/mol. The summed E-state index contributed by atoms with van der Waals surface area (Å²) in [4.78, 5) is 29.9. The summed E-state index contributed by atoms with van der Waals surface area (Å²) in [5, 5.41) is 3.72. The van der Waals surface area contributed by atoms with E-state index in [0.29, 0.717) is 44.2 Å². The van der Waals surface area contributed by atoms with Gasteiger partial charge in [-0.1, -0.05) is 35.9 Å². The fourth-order valence-electron chi connectivity index (χ4n) is 4.29. The van der Waals surface area contributed by atoms with Crippen molar-refractivity contribution in [1.82, 2.24) is 4.90 Å². The number of hydrogen-bond acceptors (Lipinski definition) is 4. The van der Waals surface area contributed by atoms with Crippen LogP contribution in [-0.4, -0.2) is 56.1 Å². The second-order valence-corrected chi connectivity index (χ2v) is 8.51. The van der Waals surface area contributed by atoms with Gasteiger partial charge >= 0.3 is 0 Å². The molecule has 0 unspecified atom stereocenters. The van der Waals surface area contributed by atoms with Gasteiger partial charge in [0.1, 0.15) is 0 Å². The number of anilines is 2. The Labute approximate surface area is 188 Å². The second kappa shape index (κ2) is 9.71. The third-order valence-corrected chi connectivity index (χ3v) is 6.41. The molecule has 7 heteroatoms. The Bertz CT molecular complexity index is 951. The molecule has 164 valence electrons. The molecule has 2 heterocycles. The number of carbonyl (C=O) groups excluding carboxylic acids is 2. The molecule has 6 nitrogen and oxygen atoms in total. The molecule has 2 amide bonds. The van der Waals surface area contributed by atoms with Gasteiger partial charge in [0.15, 0.2) is 0 Å². The number of rotatable bonds is 4. The SMILES string of the molecule is Cc1ccccc1C(=O)N1CCC(C(=O)Nc2cccc(Cl)c2N2CCOCC2)CC1. The van der Waals surface area contributed by atoms with E-state index in [1.54, 1.807) is 0 Å². The number of likely N-dealkylation sites (tertiary alicyclic amines) is 1. The Hall–Kier alpha value is -2.57. The van der Waals surface area contributed by atoms with Crippen molar-refractivity contribution in [3.63, 3.8) is 0 Å². The number of nitrogens with one attached hydrogen (secondary N) is 1. The summed E-state index contributed by atoms with van der Waals surface area (Å²) in [6.07, 6.45) is 1.30. The van der Waals surface area contributed by atoms with Crippen LogP contribution in [0.1, 0.15) is 28.8 Å². The van der Waals surface area contributed by atoms with Gasteiger partial charge in [0.2, 0.25) is 5.91 Å². The van der Waals surface area contributed by atoms with E-state index in [1.165, 1.54) is 0 Å². The van der Waals surface area contributed by atoms with Gasteiger partial charge in [-0.3, -0.25) is 9.59 Å². The number of nitrogens with zero attached hydrogens (tertiary/aromatic N) is 2. The van der Waals surface area contributed by atoms with E-state index in [4.69, 9.17) is 16.3 Å². The summed E-state index contributed by atoms with van der Waals surface area (Å²) in [6, 6.07) is 13.2. The van der Waals surface area contributed by atoms with Crippen molar-refractivity contribution in [3.05, 3.63) is 58.6 Å². The van der Waals surface area contributed by atoms with E-state index in [0.717, 1.165) is 35.6 Å². The number of piperidine rings is 1. The van der Waals surface area contributed by atoms with Crippen molar-refractivity contribution in [2.45, 2.75) is 19.8 Å². The minimum atomic E-state index is -0.127. The molecule has 2 aliphatic heterocycles. The Balaban J connectivity index is 1.39. The molecule has 0 radical (unpaired) electrons. The zero-order valence-corrected chi connectivity index (χ0v) is 18.5. The maximum Gasteiger partial charge on any atom is 0.254 e. The van der Waals surface area contributed by atoms with Crippen molar-refractivity contribution in [2.24, 2.45) is 5.92 Å². The molecule has 4 rings (SSSR count). The van der Waals surface area contributed by atoms with Crippen LogP contribution >= 0.6 is 11.6 Å². The summed E-state index contributed by atoms with van der Waals surface area (Å²) in [6.45, 7) is 5.88. The van der Waals surface area contributed by atoms with Gasteiger partial charge in [-0.2, -0.15) is 0 Å². The fourth-order valence-corrected chi connectivity index (χ4v) is 4.58. The highest BCUT2D eigenvalue weighted by atomic mass is 35.5. The van der Waals surface area contributed by atoms with Crippen LogP contribution in [0.3, 0.4) is 0 Å². The molecule has 1 N–H and O–H groups in total. The lowest BCUT2D eigenvalue weighted by molar-refractivity contribution is -0.121. The van der Waals surface area contributed by atoms with Crippen LogP contribution in [-0.2, 0) is 9.53 Å². The number of halogens is 1. The number of morpholine rings is 1. The second-order valence-electron chi connectivity index (χ2n) is 8.11. The zero-order valence-electron chi connectivity index (χ0n) is 17.8. The van der Waals surface area contributed by atoms with Crippen LogP contribution in [0.2, 0.25) is 5.02 Å². The van der Waals surface area contributed by atoms with Crippen molar-refractivity contribution >= 4 is 34.8 Å². The van der Waals surface area contributed by atoms with E-state index < -0.39 is 0 Å². The number of para-hydroxylation sites is 1. The van der Waals surface area contributed by atoms with Crippen LogP contribution in [0.25, 0.3) is 0 Å². The monoisotopic (exact) mass is 441 g/mol. The predicted octanol–water partition coefficient (Wildman–Crippen LogP) is 3.98. The van der Waals surface area contributed by atoms with Gasteiger partial charge in [0.25, 0.3) is 5.91 Å². The molecule has 2 fully saturated rings. The first kappa shape index (κ1) is 21.7. The first-order chi connectivity index (χ1) is 15.0. The smallest absolute Gasteiger partial charge is 0.254 e. The zero-order chi connectivity index (χ0) is 21.8. The predicted molar refractivity (Wildman–Crippen MR) is 123 cm³/mol. The van der Waals surface area contributed by atoms with Gasteiger partial charge in [0.05, 0.1) is 29.6 Å². The van der Waals surface area contributed by atoms with Crippen molar-refractivity contribution < 1.29 is 14.3 Å². The summed E-state index contributed by atoms with van der Waals surface area (Å²) in [5.74, 6) is -0.0985. The van der Waals surface area contributed by atoms with E-state index in [1.807, 2.05) is 54.3 Å². The molecule has 0 saturated carbocycles. The standard InChI is InChI=1S/C24H28ClN3O3/c1-17-5-2-3-6-19(17)24(30)28-11-9-18(10-12-28)23(29)26-21-8-4-7-20(25)22(21)27-13-15-31-16-14-27/h2-8,18H,9-16H2,1H3,(H,26,29). The first-order valence-electron chi connectivity index (χ1n) is 10.8. The molecule has 2 aliphatic rings. The fraction of sp³-hybridized carbons (Fsp3) is 0.417. The molecule has 2 aromatic carbocycles. The highest BCUT2D eigenvalue weighted by Crippen LogP contribution is 2.35. The van der Waals surface area contributed by atoms with E-state index in [2.05, 4.69) is 10.2 Å². The van der Waals surface area contributed by atoms with Gasteiger partial charge in [-0.15, -0.1) is 0 Å². The van der Waals surface area contributed by atoms with Crippen molar-refractivity contribution in [1.29, 1.82) is 0 Å². The maximum absolute atomic E-state index is 13.0. The van der Waals surface area contributed by atoms with Gasteiger partial charge < -0.3 is 19.9 Å². The minimum absolute atomic E-state index is 0.0141. The molecule has 0 bridgehead atoms. The number of carbonyl (C=O) groups is 2. The highest BCUT2D eigenvalue weighted by molar-refractivity contribution is 6.34. The number of benzene rings is 2. The van der Waals surface area contributed by atoms with Crippen LogP contribution in [0, 0.1) is 12.8 Å². The van der Waals surface area contributed by atoms with Gasteiger partial charge in [-0.05, 0) is 43.5 Å². The Kier molecular flexibility index (Phi) is 6.78. The molecule has 0 aromatic heterocycles. The minimum Gasteiger partial charge on any atom is -0.378 e. The maximum atomic E-state index is 13.0. The molecule has 2 aromatic rings. The third kappa shape index (κ3) is 4.86. The quantitative estimate of drug-likeness (QED) is 0.779. The van der Waals surface area contributed by atoms with Crippen LogP contribution < -0.4 is 10.2 Å². The molecule has 0 atom stereocenters. The lowest BCUT2D eigenvalue weighted by Crippen LogP contribution is -2.42. The number of amides is 2. The van der Waals surface area contributed by atoms with E-state index in [9.17, 15) is 9.59 Å². The van der Waals surface area contributed by atoms with Gasteiger partial charge in [0, 0.05) is 37.7 Å². The molecular formula is C24H28ClN3O3. The normalized spacial score (nSPS) is 17.5. The molecule has 0 spiro atoms. The summed E-state index contributed by atoms with van der Waals surface area (Å²) in [7, 11) is 0. The van der Waals surface area contributed by atoms with E-state index in [-0.39, 0.29) is 17.7 Å². The third-order valence-electron chi connectivity index (χ3n) is 6.10. The average Bonchev–Trinajstić information content (AvgIpc) is 2.80. The molecule has 2 saturated heterocycles. The molecule has 0 aliphatic carbocycles. The average molecular weight is 442 g/mol. The van der Waals surface area contributed by atoms with Crippen LogP contribution in [0.5, 0.6) is 0 Å². The number of aryl methyl sites for hydroxylation is 1. The first-order valence-corrected chi connectivity index (χ1v) is 11.2. The Morgan fingerprint density at radius 2 is 1.71 bits per heavy atom. The van der Waals surface area contributed by atoms with Gasteiger partial charge in [-0.25, -0.2) is 0 Å². The lowest BCUT2D eigenvalue weighted by Gasteiger charge is -2.33. The van der Waals surface area contributed by atoms with Crippen molar-refractivity contribution in [2.75, 3.05) is 49.6 Å². The number of ether oxygens (including phenoxy) is 1. The van der Waals surface area contributed by atoms with E-state index >= 15 is 0 Å². The highest BCUT2D eigenvalue weighted by Gasteiger charge is 2.29. The Morgan fingerprint density at radius 3 is 2.42 bits per heavy atom. The summed E-state index contributed by atoms with van der Waals surface area (Å²) < 4.78 is 5.44. The van der Waals surface area contributed by atoms with Crippen molar-refractivity contribution in [3.8, 4) is 0 Å². The summed E-state index contributed by atoms with van der Waals surface area (Å²) >= 11 is 6.48.